The Hall–Kier alpha value is -4.77. The Bertz CT molecular complexity index is 1360. The van der Waals surface area contributed by atoms with Crippen molar-refractivity contribution in [3.8, 4) is 28.6 Å². The van der Waals surface area contributed by atoms with E-state index >= 15 is 0 Å². The first kappa shape index (κ1) is 20.5. The highest BCUT2D eigenvalue weighted by atomic mass is 16.5. The number of nitrogens with zero attached hydrogens (tertiary/aromatic N) is 4. The molecular formula is C24H18N6O2. The lowest BCUT2D eigenvalue weighted by molar-refractivity contribution is 0.102. The molecule has 0 radical (unpaired) electrons. The van der Waals surface area contributed by atoms with E-state index in [-0.39, 0.29) is 16.7 Å². The highest BCUT2D eigenvalue weighted by Gasteiger charge is 2.23. The maximum absolute atomic E-state index is 13.3. The van der Waals surface area contributed by atoms with Gasteiger partial charge in [-0.2, -0.15) is 10.4 Å². The monoisotopic (exact) mass is 422 g/mol. The van der Waals surface area contributed by atoms with Crippen molar-refractivity contribution in [3.63, 3.8) is 0 Å². The number of benzene rings is 2. The molecule has 0 atom stereocenters. The van der Waals surface area contributed by atoms with Crippen LogP contribution in [-0.2, 0) is 0 Å². The summed E-state index contributed by atoms with van der Waals surface area (Å²) < 4.78 is 6.45. The molecule has 8 heteroatoms. The minimum absolute atomic E-state index is 0.0171. The molecule has 4 aromatic rings. The summed E-state index contributed by atoms with van der Waals surface area (Å²) in [7, 11) is 1.56. The van der Waals surface area contributed by atoms with Crippen LogP contribution in [-0.4, -0.2) is 27.8 Å². The number of ether oxygens (including phenoxy) is 1. The fourth-order valence-corrected chi connectivity index (χ4v) is 3.23. The van der Waals surface area contributed by atoms with Crippen LogP contribution < -0.4 is 15.5 Å². The normalized spacial score (nSPS) is 10.2. The molecule has 0 aliphatic rings. The Morgan fingerprint density at radius 1 is 1.09 bits per heavy atom. The van der Waals surface area contributed by atoms with Crippen molar-refractivity contribution >= 4 is 11.6 Å². The smallest absolute Gasteiger partial charge is 0.276 e. The van der Waals surface area contributed by atoms with Gasteiger partial charge in [0.1, 0.15) is 17.4 Å². The van der Waals surface area contributed by atoms with Crippen molar-refractivity contribution in [1.29, 1.82) is 10.7 Å². The molecule has 0 saturated heterocycles. The van der Waals surface area contributed by atoms with Crippen LogP contribution in [0.1, 0.15) is 16.1 Å². The number of aromatic nitrogens is 3. The van der Waals surface area contributed by atoms with E-state index in [0.717, 1.165) is 0 Å². The number of nitriles is 1. The lowest BCUT2D eigenvalue weighted by atomic mass is 9.99. The molecule has 8 nitrogen and oxygen atoms in total. The molecule has 0 fully saturated rings. The van der Waals surface area contributed by atoms with E-state index in [1.54, 1.807) is 74.0 Å². The number of methoxy groups -OCH3 is 1. The summed E-state index contributed by atoms with van der Waals surface area (Å²) in [6.45, 7) is 0. The third kappa shape index (κ3) is 3.95. The van der Waals surface area contributed by atoms with E-state index in [9.17, 15) is 10.1 Å². The van der Waals surface area contributed by atoms with Gasteiger partial charge in [-0.3, -0.25) is 15.2 Å². The van der Waals surface area contributed by atoms with E-state index < -0.39 is 5.91 Å². The molecule has 0 aliphatic heterocycles. The minimum Gasteiger partial charge on any atom is -0.497 e. The largest absolute Gasteiger partial charge is 0.497 e. The van der Waals surface area contributed by atoms with E-state index in [0.29, 0.717) is 28.3 Å². The Morgan fingerprint density at radius 3 is 2.47 bits per heavy atom. The molecule has 4 rings (SSSR count). The number of nitrogens with one attached hydrogen (secondary N) is 2. The van der Waals surface area contributed by atoms with Crippen LogP contribution in [0.2, 0.25) is 0 Å². The SMILES string of the molecule is COc1ccc(-n2nc(C(=O)Nc3cccnc3)c(-c3ccccc3)c(C#N)c2=N)cc1. The van der Waals surface area contributed by atoms with Crippen LogP contribution in [0, 0.1) is 16.7 Å². The molecule has 0 aliphatic carbocycles. The number of carbonyl (C=O) groups is 1. The number of hydrogen-bond donors (Lipinski definition) is 2. The van der Waals surface area contributed by atoms with Crippen LogP contribution in [0.25, 0.3) is 16.8 Å². The maximum Gasteiger partial charge on any atom is 0.276 e. The molecule has 0 saturated carbocycles. The zero-order valence-corrected chi connectivity index (χ0v) is 17.1. The molecule has 1 amide bonds. The van der Waals surface area contributed by atoms with E-state index in [4.69, 9.17) is 10.1 Å². The summed E-state index contributed by atoms with van der Waals surface area (Å²) >= 11 is 0. The lowest BCUT2D eigenvalue weighted by Gasteiger charge is -2.15. The van der Waals surface area contributed by atoms with Crippen LogP contribution in [0.4, 0.5) is 5.69 Å². The third-order valence-corrected chi connectivity index (χ3v) is 4.76. The number of anilines is 1. The summed E-state index contributed by atoms with van der Waals surface area (Å²) in [6.07, 6.45) is 3.12. The van der Waals surface area contributed by atoms with Gasteiger partial charge in [0, 0.05) is 11.8 Å². The van der Waals surface area contributed by atoms with Gasteiger partial charge in [-0.1, -0.05) is 30.3 Å². The van der Waals surface area contributed by atoms with E-state index in [2.05, 4.69) is 21.5 Å². The number of pyridine rings is 1. The topological polar surface area (TPSA) is 117 Å². The molecule has 2 aromatic heterocycles. The van der Waals surface area contributed by atoms with Crippen LogP contribution >= 0.6 is 0 Å². The Balaban J connectivity index is 1.94. The number of rotatable bonds is 5. The van der Waals surface area contributed by atoms with Crippen molar-refractivity contribution in [3.05, 3.63) is 95.9 Å². The van der Waals surface area contributed by atoms with Gasteiger partial charge in [-0.15, -0.1) is 0 Å². The molecule has 2 heterocycles. The van der Waals surface area contributed by atoms with Crippen LogP contribution in [0.3, 0.4) is 0 Å². The van der Waals surface area contributed by atoms with Gasteiger partial charge in [0.15, 0.2) is 11.2 Å². The van der Waals surface area contributed by atoms with Crippen molar-refractivity contribution in [2.75, 3.05) is 12.4 Å². The fraction of sp³-hybridized carbons (Fsp3) is 0.0417. The zero-order chi connectivity index (χ0) is 22.5. The second kappa shape index (κ2) is 8.93. The highest BCUT2D eigenvalue weighted by Crippen LogP contribution is 2.26. The number of amides is 1. The summed E-state index contributed by atoms with van der Waals surface area (Å²) in [5.74, 6) is 0.118. The predicted octanol–water partition coefficient (Wildman–Crippen LogP) is 3.55. The summed E-state index contributed by atoms with van der Waals surface area (Å²) in [4.78, 5) is 17.3. The molecular weight excluding hydrogens is 404 g/mol. The fourth-order valence-electron chi connectivity index (χ4n) is 3.23. The predicted molar refractivity (Wildman–Crippen MR) is 118 cm³/mol. The second-order valence-electron chi connectivity index (χ2n) is 6.73. The highest BCUT2D eigenvalue weighted by molar-refractivity contribution is 6.07. The molecule has 0 spiro atoms. The first-order valence-corrected chi connectivity index (χ1v) is 9.65. The molecule has 2 N–H and O–H groups in total. The zero-order valence-electron chi connectivity index (χ0n) is 17.1. The maximum atomic E-state index is 13.3. The molecule has 32 heavy (non-hydrogen) atoms. The number of carbonyl (C=O) groups excluding carboxylic acids is 1. The minimum atomic E-state index is -0.518. The Morgan fingerprint density at radius 2 is 1.84 bits per heavy atom. The van der Waals surface area contributed by atoms with Gasteiger partial charge in [0.05, 0.1) is 24.7 Å². The third-order valence-electron chi connectivity index (χ3n) is 4.76. The molecule has 2 aromatic carbocycles. The average Bonchev–Trinajstić information content (AvgIpc) is 2.85. The first-order chi connectivity index (χ1) is 15.6. The van der Waals surface area contributed by atoms with Crippen molar-refractivity contribution in [2.45, 2.75) is 0 Å². The standard InChI is InChI=1S/C24H18N6O2/c1-32-19-11-9-18(10-12-19)30-23(26)20(14-25)21(16-6-3-2-4-7-16)22(29-30)24(31)28-17-8-5-13-27-15-17/h2-13,15,26H,1H3,(H,28,31). The van der Waals surface area contributed by atoms with Gasteiger partial charge in [0.25, 0.3) is 5.91 Å². The Kier molecular flexibility index (Phi) is 5.72. The van der Waals surface area contributed by atoms with Crippen LogP contribution in [0.15, 0.2) is 79.1 Å². The quantitative estimate of drug-likeness (QED) is 0.510. The van der Waals surface area contributed by atoms with Gasteiger partial charge >= 0.3 is 0 Å². The molecule has 0 unspecified atom stereocenters. The second-order valence-corrected chi connectivity index (χ2v) is 6.73. The first-order valence-electron chi connectivity index (χ1n) is 9.65. The van der Waals surface area contributed by atoms with Crippen molar-refractivity contribution in [1.82, 2.24) is 14.8 Å². The van der Waals surface area contributed by atoms with Gasteiger partial charge in [-0.05, 0) is 42.0 Å². The van der Waals surface area contributed by atoms with Gasteiger partial charge in [0.2, 0.25) is 0 Å². The summed E-state index contributed by atoms with van der Waals surface area (Å²) in [6, 6.07) is 21.3. The average molecular weight is 422 g/mol. The van der Waals surface area contributed by atoms with Crippen LogP contribution in [0.5, 0.6) is 5.75 Å². The Labute approximate surface area is 183 Å². The van der Waals surface area contributed by atoms with Crippen molar-refractivity contribution in [2.24, 2.45) is 0 Å². The molecule has 156 valence electrons. The summed E-state index contributed by atoms with van der Waals surface area (Å²) in [5.41, 5.74) is 1.84. The van der Waals surface area contributed by atoms with E-state index in [1.807, 2.05) is 6.07 Å². The summed E-state index contributed by atoms with van der Waals surface area (Å²) in [5, 5.41) is 25.8. The number of hydrogen-bond acceptors (Lipinski definition) is 6. The lowest BCUT2D eigenvalue weighted by Crippen LogP contribution is -2.29. The molecule has 0 bridgehead atoms. The van der Waals surface area contributed by atoms with Gasteiger partial charge in [-0.25, -0.2) is 4.68 Å². The van der Waals surface area contributed by atoms with E-state index in [1.165, 1.54) is 10.9 Å². The van der Waals surface area contributed by atoms with Gasteiger partial charge < -0.3 is 10.1 Å². The van der Waals surface area contributed by atoms with Crippen molar-refractivity contribution < 1.29 is 9.53 Å².